The van der Waals surface area contributed by atoms with Gasteiger partial charge in [0, 0.05) is 6.42 Å². The molecule has 0 saturated carbocycles. The zero-order chi connectivity index (χ0) is 10.3. The molecule has 0 aromatic carbocycles. The van der Waals surface area contributed by atoms with Gasteiger partial charge in [-0.2, -0.15) is 0 Å². The lowest BCUT2D eigenvalue weighted by Gasteiger charge is -2.03. The summed E-state index contributed by atoms with van der Waals surface area (Å²) in [6.07, 6.45) is 2.66. The van der Waals surface area contributed by atoms with E-state index >= 15 is 0 Å². The number of ether oxygens (including phenoxy) is 1. The van der Waals surface area contributed by atoms with E-state index in [0.29, 0.717) is 13.0 Å². The molecule has 0 N–H and O–H groups in total. The molecule has 0 saturated heterocycles. The van der Waals surface area contributed by atoms with Crippen LogP contribution in [0.5, 0.6) is 0 Å². The molecule has 0 heterocycles. The van der Waals surface area contributed by atoms with E-state index in [-0.39, 0.29) is 11.4 Å². The molecule has 0 aliphatic carbocycles. The summed E-state index contributed by atoms with van der Waals surface area (Å²) in [6.45, 7) is 5.58. The van der Waals surface area contributed by atoms with Crippen LogP contribution in [0.3, 0.4) is 0 Å². The summed E-state index contributed by atoms with van der Waals surface area (Å²) in [6, 6.07) is 0. The fourth-order valence-electron chi connectivity index (χ4n) is 0.963. The molecule has 0 radical (unpaired) electrons. The summed E-state index contributed by atoms with van der Waals surface area (Å²) in [5.74, 6) is -0.646. The first-order valence-corrected chi connectivity index (χ1v) is 4.53. The third kappa shape index (κ3) is 3.87. The molecular formula is C10H16O3. The number of hydrogen-bond acceptors (Lipinski definition) is 3. The highest BCUT2D eigenvalue weighted by molar-refractivity contribution is 6.17. The minimum atomic E-state index is -0.511. The molecule has 0 unspecified atom stereocenters. The van der Waals surface area contributed by atoms with Crippen LogP contribution in [0.25, 0.3) is 0 Å². The molecule has 0 bridgehead atoms. The Balaban J connectivity index is 4.35. The number of carbonyl (C=O) groups excluding carboxylic acids is 2. The first-order chi connectivity index (χ1) is 6.17. The normalized spacial score (nSPS) is 11.2. The van der Waals surface area contributed by atoms with Gasteiger partial charge in [0.15, 0.2) is 5.78 Å². The number of carbonyl (C=O) groups is 2. The maximum absolute atomic E-state index is 11.3. The Morgan fingerprint density at radius 3 is 2.31 bits per heavy atom. The van der Waals surface area contributed by atoms with Crippen LogP contribution >= 0.6 is 0 Å². The van der Waals surface area contributed by atoms with Gasteiger partial charge in [-0.1, -0.05) is 13.0 Å². The van der Waals surface area contributed by atoms with E-state index in [1.807, 2.05) is 6.92 Å². The van der Waals surface area contributed by atoms with Crippen LogP contribution < -0.4 is 0 Å². The zero-order valence-corrected chi connectivity index (χ0v) is 8.42. The number of Topliss-reactive ketones (excluding diaryl/α,β-unsaturated/α-hetero) is 1. The van der Waals surface area contributed by atoms with Crippen molar-refractivity contribution in [1.82, 2.24) is 0 Å². The molecule has 74 valence electrons. The number of esters is 1. The summed E-state index contributed by atoms with van der Waals surface area (Å²) in [4.78, 5) is 22.5. The fourth-order valence-corrected chi connectivity index (χ4v) is 0.963. The van der Waals surface area contributed by atoms with E-state index < -0.39 is 5.97 Å². The summed E-state index contributed by atoms with van der Waals surface area (Å²) in [5.41, 5.74) is 0.170. The van der Waals surface area contributed by atoms with Crippen molar-refractivity contribution in [2.24, 2.45) is 0 Å². The standard InChI is InChI=1S/C10H16O3/c1-4-7-9(11)8(5-2)10(12)13-6-3/h5H,4,6-7H2,1-3H3/b8-5+. The minimum Gasteiger partial charge on any atom is -0.462 e. The van der Waals surface area contributed by atoms with Crippen LogP contribution in [0.2, 0.25) is 0 Å². The van der Waals surface area contributed by atoms with Crippen molar-refractivity contribution in [2.45, 2.75) is 33.6 Å². The Bertz CT molecular complexity index is 196. The summed E-state index contributed by atoms with van der Waals surface area (Å²) in [5, 5.41) is 0. The van der Waals surface area contributed by atoms with Crippen LogP contribution in [0.15, 0.2) is 11.6 Å². The average molecular weight is 184 g/mol. The van der Waals surface area contributed by atoms with Crippen molar-refractivity contribution in [2.75, 3.05) is 6.61 Å². The van der Waals surface area contributed by atoms with Crippen LogP contribution in [-0.2, 0) is 14.3 Å². The molecule has 0 spiro atoms. The van der Waals surface area contributed by atoms with E-state index in [2.05, 4.69) is 0 Å². The molecule has 0 aliphatic rings. The van der Waals surface area contributed by atoms with Gasteiger partial charge in [0.2, 0.25) is 0 Å². The van der Waals surface area contributed by atoms with Gasteiger partial charge in [-0.25, -0.2) is 4.79 Å². The SMILES string of the molecule is C/C=C(\C(=O)CCC)C(=O)OCC. The summed E-state index contributed by atoms with van der Waals surface area (Å²) < 4.78 is 4.73. The van der Waals surface area contributed by atoms with Gasteiger partial charge in [0.05, 0.1) is 12.2 Å². The van der Waals surface area contributed by atoms with Crippen molar-refractivity contribution in [3.05, 3.63) is 11.6 Å². The predicted molar refractivity (Wildman–Crippen MR) is 50.3 cm³/mol. The quantitative estimate of drug-likeness (QED) is 0.283. The molecule has 0 amide bonds. The second kappa shape index (κ2) is 6.40. The maximum atomic E-state index is 11.3. The van der Waals surface area contributed by atoms with Crippen LogP contribution in [0.1, 0.15) is 33.6 Å². The molecule has 3 nitrogen and oxygen atoms in total. The van der Waals surface area contributed by atoms with Gasteiger partial charge >= 0.3 is 5.97 Å². The molecular weight excluding hydrogens is 168 g/mol. The Hall–Kier alpha value is -1.12. The number of rotatable bonds is 5. The first-order valence-electron chi connectivity index (χ1n) is 4.53. The van der Waals surface area contributed by atoms with E-state index in [0.717, 1.165) is 6.42 Å². The van der Waals surface area contributed by atoms with Gasteiger partial charge in [-0.05, 0) is 20.3 Å². The predicted octanol–water partition coefficient (Wildman–Crippen LogP) is 1.86. The molecule has 0 aliphatic heterocycles. The van der Waals surface area contributed by atoms with Gasteiger partial charge in [-0.3, -0.25) is 4.79 Å². The van der Waals surface area contributed by atoms with Crippen LogP contribution in [0.4, 0.5) is 0 Å². The zero-order valence-electron chi connectivity index (χ0n) is 8.42. The van der Waals surface area contributed by atoms with Crippen molar-refractivity contribution < 1.29 is 14.3 Å². The summed E-state index contributed by atoms with van der Waals surface area (Å²) in [7, 11) is 0. The highest BCUT2D eigenvalue weighted by Gasteiger charge is 2.16. The Morgan fingerprint density at radius 1 is 1.31 bits per heavy atom. The van der Waals surface area contributed by atoms with E-state index in [1.165, 1.54) is 6.08 Å². The van der Waals surface area contributed by atoms with Crippen molar-refractivity contribution in [3.63, 3.8) is 0 Å². The number of allylic oxidation sites excluding steroid dienone is 1. The highest BCUT2D eigenvalue weighted by Crippen LogP contribution is 2.04. The number of hydrogen-bond donors (Lipinski definition) is 0. The number of ketones is 1. The Morgan fingerprint density at radius 2 is 1.92 bits per heavy atom. The van der Waals surface area contributed by atoms with Crippen molar-refractivity contribution in [3.8, 4) is 0 Å². The molecule has 13 heavy (non-hydrogen) atoms. The fraction of sp³-hybridized carbons (Fsp3) is 0.600. The van der Waals surface area contributed by atoms with E-state index in [4.69, 9.17) is 4.74 Å². The van der Waals surface area contributed by atoms with E-state index in [9.17, 15) is 9.59 Å². The van der Waals surface area contributed by atoms with Gasteiger partial charge < -0.3 is 4.74 Å². The average Bonchev–Trinajstić information content (AvgIpc) is 2.06. The maximum Gasteiger partial charge on any atom is 0.341 e. The first kappa shape index (κ1) is 11.9. The monoisotopic (exact) mass is 184 g/mol. The largest absolute Gasteiger partial charge is 0.462 e. The van der Waals surface area contributed by atoms with Gasteiger partial charge in [0.1, 0.15) is 0 Å². The third-order valence-corrected chi connectivity index (χ3v) is 1.56. The molecule has 0 aromatic heterocycles. The lowest BCUT2D eigenvalue weighted by molar-refractivity contribution is -0.140. The van der Waals surface area contributed by atoms with Crippen LogP contribution in [-0.4, -0.2) is 18.4 Å². The molecule has 0 rings (SSSR count). The van der Waals surface area contributed by atoms with Crippen LogP contribution in [0, 0.1) is 0 Å². The van der Waals surface area contributed by atoms with Gasteiger partial charge in [-0.15, -0.1) is 0 Å². The third-order valence-electron chi connectivity index (χ3n) is 1.56. The minimum absolute atomic E-state index is 0.136. The second-order valence-electron chi connectivity index (χ2n) is 2.60. The van der Waals surface area contributed by atoms with Crippen molar-refractivity contribution in [1.29, 1.82) is 0 Å². The molecule has 0 aromatic rings. The lowest BCUT2D eigenvalue weighted by atomic mass is 10.1. The Labute approximate surface area is 78.8 Å². The second-order valence-corrected chi connectivity index (χ2v) is 2.60. The molecule has 3 heteroatoms. The summed E-state index contributed by atoms with van der Waals surface area (Å²) >= 11 is 0. The topological polar surface area (TPSA) is 43.4 Å². The van der Waals surface area contributed by atoms with Gasteiger partial charge in [0.25, 0.3) is 0 Å². The molecule has 0 fully saturated rings. The molecule has 0 atom stereocenters. The smallest absolute Gasteiger partial charge is 0.341 e. The lowest BCUT2D eigenvalue weighted by Crippen LogP contribution is -2.15. The van der Waals surface area contributed by atoms with Crippen molar-refractivity contribution >= 4 is 11.8 Å². The highest BCUT2D eigenvalue weighted by atomic mass is 16.5. The Kier molecular flexibility index (Phi) is 5.85. The van der Waals surface area contributed by atoms with E-state index in [1.54, 1.807) is 13.8 Å².